The highest BCUT2D eigenvalue weighted by atomic mass is 16.3. The van der Waals surface area contributed by atoms with Crippen molar-refractivity contribution in [1.29, 1.82) is 0 Å². The van der Waals surface area contributed by atoms with Crippen LogP contribution in [0.1, 0.15) is 56.2 Å². The lowest BCUT2D eigenvalue weighted by Crippen LogP contribution is -2.12. The third kappa shape index (κ3) is 2.22. The minimum absolute atomic E-state index is 0.156. The Morgan fingerprint density at radius 1 is 1.44 bits per heavy atom. The van der Waals surface area contributed by atoms with Crippen LogP contribution in [0.5, 0.6) is 5.75 Å². The number of benzene rings is 1. The molecule has 0 aliphatic heterocycles. The van der Waals surface area contributed by atoms with Gasteiger partial charge in [-0.1, -0.05) is 26.0 Å². The minimum atomic E-state index is 0.156. The van der Waals surface area contributed by atoms with Crippen molar-refractivity contribution in [3.05, 3.63) is 29.3 Å². The molecule has 1 aromatic rings. The van der Waals surface area contributed by atoms with Gasteiger partial charge in [0.05, 0.1) is 0 Å². The predicted molar refractivity (Wildman–Crippen MR) is 66.5 cm³/mol. The Kier molecular flexibility index (Phi) is 3.20. The Bertz CT molecular complexity index is 371. The molecule has 0 heterocycles. The summed E-state index contributed by atoms with van der Waals surface area (Å²) in [6.45, 7) is 4.28. The van der Waals surface area contributed by atoms with Crippen LogP contribution in [-0.4, -0.2) is 5.11 Å². The maximum absolute atomic E-state index is 9.83. The quantitative estimate of drug-likeness (QED) is 0.816. The van der Waals surface area contributed by atoms with Gasteiger partial charge in [0.25, 0.3) is 0 Å². The van der Waals surface area contributed by atoms with Crippen molar-refractivity contribution in [2.45, 2.75) is 45.1 Å². The molecule has 1 aliphatic rings. The van der Waals surface area contributed by atoms with Gasteiger partial charge < -0.3 is 10.8 Å². The van der Waals surface area contributed by atoms with E-state index in [9.17, 15) is 5.11 Å². The molecule has 0 saturated heterocycles. The van der Waals surface area contributed by atoms with E-state index in [0.717, 1.165) is 12.0 Å². The van der Waals surface area contributed by atoms with Gasteiger partial charge in [0, 0.05) is 6.04 Å². The third-order valence-electron chi connectivity index (χ3n) is 3.71. The van der Waals surface area contributed by atoms with Crippen LogP contribution in [0.25, 0.3) is 0 Å². The Morgan fingerprint density at radius 2 is 2.12 bits per heavy atom. The summed E-state index contributed by atoms with van der Waals surface area (Å²) in [5.41, 5.74) is 8.39. The molecule has 2 atom stereocenters. The highest BCUT2D eigenvalue weighted by Crippen LogP contribution is 2.41. The summed E-state index contributed by atoms with van der Waals surface area (Å²) < 4.78 is 0. The highest BCUT2D eigenvalue weighted by Gasteiger charge is 2.29. The van der Waals surface area contributed by atoms with Crippen molar-refractivity contribution >= 4 is 0 Å². The van der Waals surface area contributed by atoms with Gasteiger partial charge in [-0.3, -0.25) is 0 Å². The summed E-state index contributed by atoms with van der Waals surface area (Å²) >= 11 is 0. The van der Waals surface area contributed by atoms with Gasteiger partial charge >= 0.3 is 0 Å². The van der Waals surface area contributed by atoms with E-state index in [1.807, 2.05) is 6.07 Å². The van der Waals surface area contributed by atoms with Gasteiger partial charge in [-0.05, 0) is 48.3 Å². The van der Waals surface area contributed by atoms with Gasteiger partial charge in [-0.15, -0.1) is 0 Å². The van der Waals surface area contributed by atoms with E-state index in [-0.39, 0.29) is 6.04 Å². The van der Waals surface area contributed by atoms with Gasteiger partial charge in [-0.25, -0.2) is 0 Å². The standard InChI is InChI=1S/C14H21NO/c1-3-9(2)12-8-11(6-7-13(12)16)14(15)10-4-5-10/h6-10,14,16H,3-5,15H2,1-2H3. The molecule has 2 heteroatoms. The molecule has 0 spiro atoms. The second kappa shape index (κ2) is 4.46. The van der Waals surface area contributed by atoms with Crippen LogP contribution in [-0.2, 0) is 0 Å². The molecule has 3 N–H and O–H groups in total. The summed E-state index contributed by atoms with van der Waals surface area (Å²) in [4.78, 5) is 0. The van der Waals surface area contributed by atoms with Crippen LogP contribution >= 0.6 is 0 Å². The van der Waals surface area contributed by atoms with E-state index in [2.05, 4.69) is 19.9 Å². The summed E-state index contributed by atoms with van der Waals surface area (Å²) in [5.74, 6) is 1.46. The normalized spacial score (nSPS) is 19.4. The molecule has 0 radical (unpaired) electrons. The summed E-state index contributed by atoms with van der Waals surface area (Å²) in [6, 6.07) is 6.00. The molecule has 1 aliphatic carbocycles. The summed E-state index contributed by atoms with van der Waals surface area (Å²) in [6.07, 6.45) is 3.54. The van der Waals surface area contributed by atoms with E-state index in [1.165, 1.54) is 18.4 Å². The van der Waals surface area contributed by atoms with Crippen molar-refractivity contribution in [3.8, 4) is 5.75 Å². The molecule has 1 aromatic carbocycles. The van der Waals surface area contributed by atoms with E-state index >= 15 is 0 Å². The molecule has 1 saturated carbocycles. The number of hydrogen-bond donors (Lipinski definition) is 2. The zero-order valence-electron chi connectivity index (χ0n) is 10.1. The lowest BCUT2D eigenvalue weighted by atomic mass is 9.93. The average Bonchev–Trinajstić information content (AvgIpc) is 3.11. The number of phenolic OH excluding ortho intramolecular Hbond substituents is 1. The van der Waals surface area contributed by atoms with Gasteiger partial charge in [0.1, 0.15) is 5.75 Å². The number of hydrogen-bond acceptors (Lipinski definition) is 2. The van der Waals surface area contributed by atoms with Crippen LogP contribution in [0.2, 0.25) is 0 Å². The second-order valence-electron chi connectivity index (χ2n) is 4.99. The zero-order chi connectivity index (χ0) is 11.7. The molecule has 2 nitrogen and oxygen atoms in total. The lowest BCUT2D eigenvalue weighted by molar-refractivity contribution is 0.461. The molecule has 0 amide bonds. The van der Waals surface area contributed by atoms with Crippen LogP contribution in [0.15, 0.2) is 18.2 Å². The van der Waals surface area contributed by atoms with Crippen LogP contribution < -0.4 is 5.73 Å². The molecule has 2 unspecified atom stereocenters. The van der Waals surface area contributed by atoms with Gasteiger partial charge in [0.15, 0.2) is 0 Å². The van der Waals surface area contributed by atoms with Crippen molar-refractivity contribution in [2.24, 2.45) is 11.7 Å². The van der Waals surface area contributed by atoms with Crippen molar-refractivity contribution in [3.63, 3.8) is 0 Å². The number of rotatable bonds is 4. The van der Waals surface area contributed by atoms with Crippen molar-refractivity contribution < 1.29 is 5.11 Å². The Labute approximate surface area is 97.5 Å². The van der Waals surface area contributed by atoms with Crippen molar-refractivity contribution in [2.75, 3.05) is 0 Å². The number of nitrogens with two attached hydrogens (primary N) is 1. The molecule has 16 heavy (non-hydrogen) atoms. The van der Waals surface area contributed by atoms with Crippen LogP contribution in [0.4, 0.5) is 0 Å². The fraction of sp³-hybridized carbons (Fsp3) is 0.571. The monoisotopic (exact) mass is 219 g/mol. The lowest BCUT2D eigenvalue weighted by Gasteiger charge is -2.16. The van der Waals surface area contributed by atoms with E-state index in [1.54, 1.807) is 6.07 Å². The van der Waals surface area contributed by atoms with Crippen LogP contribution in [0, 0.1) is 5.92 Å². The molecular weight excluding hydrogens is 198 g/mol. The largest absolute Gasteiger partial charge is 0.508 e. The smallest absolute Gasteiger partial charge is 0.119 e. The third-order valence-corrected chi connectivity index (χ3v) is 3.71. The minimum Gasteiger partial charge on any atom is -0.508 e. The van der Waals surface area contributed by atoms with E-state index in [4.69, 9.17) is 5.73 Å². The maximum Gasteiger partial charge on any atom is 0.119 e. The highest BCUT2D eigenvalue weighted by molar-refractivity contribution is 5.39. The molecule has 0 aromatic heterocycles. The summed E-state index contributed by atoms with van der Waals surface area (Å²) in [7, 11) is 0. The first-order valence-electron chi connectivity index (χ1n) is 6.21. The molecular formula is C14H21NO. The summed E-state index contributed by atoms with van der Waals surface area (Å²) in [5, 5.41) is 9.83. The van der Waals surface area contributed by atoms with E-state index < -0.39 is 0 Å². The first-order valence-corrected chi connectivity index (χ1v) is 6.21. The average molecular weight is 219 g/mol. The Morgan fingerprint density at radius 3 is 2.69 bits per heavy atom. The first kappa shape index (κ1) is 11.5. The molecule has 1 fully saturated rings. The van der Waals surface area contributed by atoms with Crippen molar-refractivity contribution in [1.82, 2.24) is 0 Å². The fourth-order valence-electron chi connectivity index (χ4n) is 2.12. The van der Waals surface area contributed by atoms with E-state index in [0.29, 0.717) is 17.6 Å². The zero-order valence-corrected chi connectivity index (χ0v) is 10.1. The van der Waals surface area contributed by atoms with Gasteiger partial charge in [-0.2, -0.15) is 0 Å². The molecule has 0 bridgehead atoms. The molecule has 2 rings (SSSR count). The second-order valence-corrected chi connectivity index (χ2v) is 4.99. The van der Waals surface area contributed by atoms with Gasteiger partial charge in [0.2, 0.25) is 0 Å². The fourth-order valence-corrected chi connectivity index (χ4v) is 2.12. The first-order chi connectivity index (χ1) is 7.63. The Balaban J connectivity index is 2.26. The number of aromatic hydroxyl groups is 1. The Hall–Kier alpha value is -1.02. The SMILES string of the molecule is CCC(C)c1cc(C(N)C2CC2)ccc1O. The molecule has 88 valence electrons. The maximum atomic E-state index is 9.83. The topological polar surface area (TPSA) is 46.2 Å². The van der Waals surface area contributed by atoms with Crippen LogP contribution in [0.3, 0.4) is 0 Å². The predicted octanol–water partition coefficient (Wildman–Crippen LogP) is 3.32. The number of phenols is 1.